The average Bonchev–Trinajstić information content (AvgIpc) is 2.86. The molecule has 0 bridgehead atoms. The first-order valence-corrected chi connectivity index (χ1v) is 8.41. The Kier molecular flexibility index (Phi) is 4.36. The second-order valence-corrected chi connectivity index (χ2v) is 6.21. The highest BCUT2D eigenvalue weighted by atomic mass is 16.5. The van der Waals surface area contributed by atoms with Gasteiger partial charge in [-0.3, -0.25) is 9.97 Å². The van der Waals surface area contributed by atoms with Gasteiger partial charge in [0.2, 0.25) is 5.95 Å². The molecule has 2 aliphatic rings. The van der Waals surface area contributed by atoms with E-state index in [1.165, 1.54) is 0 Å². The van der Waals surface area contributed by atoms with E-state index in [4.69, 9.17) is 9.47 Å². The molecule has 0 saturated carbocycles. The van der Waals surface area contributed by atoms with E-state index < -0.39 is 0 Å². The summed E-state index contributed by atoms with van der Waals surface area (Å²) in [5, 5.41) is 0. The van der Waals surface area contributed by atoms with Crippen LogP contribution in [0.4, 0.5) is 5.95 Å². The summed E-state index contributed by atoms with van der Waals surface area (Å²) in [6, 6.07) is 1.86. The molecule has 4 heterocycles. The minimum absolute atomic E-state index is 0.0322. The fourth-order valence-electron chi connectivity index (χ4n) is 3.31. The molecule has 0 N–H and O–H groups in total. The number of nitrogens with zero attached hydrogens (tertiary/aromatic N) is 5. The Morgan fingerprint density at radius 2 is 1.83 bits per heavy atom. The third kappa shape index (κ3) is 3.22. The van der Waals surface area contributed by atoms with Crippen LogP contribution < -0.4 is 4.90 Å². The third-order valence-electron chi connectivity index (χ3n) is 4.76. The Morgan fingerprint density at radius 1 is 0.917 bits per heavy atom. The van der Waals surface area contributed by atoms with Gasteiger partial charge in [0.15, 0.2) is 0 Å². The SMILES string of the molecule is c1cnc(-c2ccnc(N3CCOC4(CCOCC4)CC3)n2)cn1. The van der Waals surface area contributed by atoms with E-state index in [-0.39, 0.29) is 5.60 Å². The predicted octanol–water partition coefficient (Wildman–Crippen LogP) is 1.71. The standard InChI is InChI=1S/C17H21N5O2/c1-5-20-16(21-14(1)15-13-18-6-7-19-15)22-8-2-17(24-12-9-22)3-10-23-11-4-17/h1,5-7,13H,2-4,8-12H2. The van der Waals surface area contributed by atoms with Crippen LogP contribution in [0.2, 0.25) is 0 Å². The van der Waals surface area contributed by atoms with Gasteiger partial charge in [-0.05, 0) is 25.3 Å². The molecule has 0 unspecified atom stereocenters. The first kappa shape index (κ1) is 15.4. The fourth-order valence-corrected chi connectivity index (χ4v) is 3.31. The van der Waals surface area contributed by atoms with Gasteiger partial charge in [0.1, 0.15) is 5.69 Å². The monoisotopic (exact) mass is 327 g/mol. The summed E-state index contributed by atoms with van der Waals surface area (Å²) < 4.78 is 11.7. The minimum Gasteiger partial charge on any atom is -0.381 e. The molecule has 0 aliphatic carbocycles. The van der Waals surface area contributed by atoms with Crippen molar-refractivity contribution < 1.29 is 9.47 Å². The molecule has 0 atom stereocenters. The topological polar surface area (TPSA) is 73.3 Å². The summed E-state index contributed by atoms with van der Waals surface area (Å²) in [6.07, 6.45) is 9.76. The molecule has 2 aliphatic heterocycles. The van der Waals surface area contributed by atoms with Crippen molar-refractivity contribution >= 4 is 5.95 Å². The van der Waals surface area contributed by atoms with Crippen molar-refractivity contribution in [1.29, 1.82) is 0 Å². The van der Waals surface area contributed by atoms with Crippen molar-refractivity contribution in [2.24, 2.45) is 0 Å². The lowest BCUT2D eigenvalue weighted by atomic mass is 9.90. The lowest BCUT2D eigenvalue weighted by Crippen LogP contribution is -2.39. The molecule has 0 aromatic carbocycles. The lowest BCUT2D eigenvalue weighted by Gasteiger charge is -2.35. The predicted molar refractivity (Wildman–Crippen MR) is 88.6 cm³/mol. The van der Waals surface area contributed by atoms with Gasteiger partial charge in [0.25, 0.3) is 0 Å². The van der Waals surface area contributed by atoms with Gasteiger partial charge in [-0.25, -0.2) is 9.97 Å². The Hall–Kier alpha value is -2.12. The van der Waals surface area contributed by atoms with Crippen LogP contribution >= 0.6 is 0 Å². The highest BCUT2D eigenvalue weighted by molar-refractivity contribution is 5.54. The number of aromatic nitrogens is 4. The van der Waals surface area contributed by atoms with Gasteiger partial charge in [0.05, 0.1) is 24.1 Å². The van der Waals surface area contributed by atoms with Gasteiger partial charge in [0, 0.05) is 44.9 Å². The molecule has 7 nitrogen and oxygen atoms in total. The largest absolute Gasteiger partial charge is 0.381 e. The molecule has 2 saturated heterocycles. The van der Waals surface area contributed by atoms with Crippen molar-refractivity contribution in [2.45, 2.75) is 24.9 Å². The van der Waals surface area contributed by atoms with Crippen molar-refractivity contribution in [1.82, 2.24) is 19.9 Å². The van der Waals surface area contributed by atoms with Gasteiger partial charge >= 0.3 is 0 Å². The van der Waals surface area contributed by atoms with E-state index in [1.54, 1.807) is 24.8 Å². The zero-order valence-corrected chi connectivity index (χ0v) is 13.6. The number of anilines is 1. The summed E-state index contributed by atoms with van der Waals surface area (Å²) in [6.45, 7) is 3.96. The van der Waals surface area contributed by atoms with Crippen LogP contribution in [0.25, 0.3) is 11.4 Å². The Balaban J connectivity index is 1.52. The van der Waals surface area contributed by atoms with Crippen LogP contribution in [0.5, 0.6) is 0 Å². The van der Waals surface area contributed by atoms with Crippen LogP contribution in [0, 0.1) is 0 Å². The quantitative estimate of drug-likeness (QED) is 0.831. The number of hydrogen-bond acceptors (Lipinski definition) is 7. The fraction of sp³-hybridized carbons (Fsp3) is 0.529. The first-order valence-electron chi connectivity index (χ1n) is 8.41. The maximum Gasteiger partial charge on any atom is 0.225 e. The van der Waals surface area contributed by atoms with E-state index in [9.17, 15) is 0 Å². The summed E-state index contributed by atoms with van der Waals surface area (Å²) in [4.78, 5) is 19.7. The van der Waals surface area contributed by atoms with Crippen molar-refractivity contribution in [2.75, 3.05) is 37.8 Å². The number of rotatable bonds is 2. The van der Waals surface area contributed by atoms with E-state index in [0.29, 0.717) is 6.61 Å². The molecule has 2 fully saturated rings. The minimum atomic E-state index is -0.0322. The maximum atomic E-state index is 6.20. The second-order valence-electron chi connectivity index (χ2n) is 6.21. The molecular weight excluding hydrogens is 306 g/mol. The lowest BCUT2D eigenvalue weighted by molar-refractivity contribution is -0.105. The normalized spacial score (nSPS) is 20.8. The van der Waals surface area contributed by atoms with Crippen molar-refractivity contribution in [3.05, 3.63) is 30.9 Å². The van der Waals surface area contributed by atoms with Gasteiger partial charge in [-0.1, -0.05) is 0 Å². The van der Waals surface area contributed by atoms with E-state index in [1.807, 2.05) is 6.07 Å². The summed E-state index contributed by atoms with van der Waals surface area (Å²) in [5.41, 5.74) is 1.52. The van der Waals surface area contributed by atoms with Crippen LogP contribution in [0.15, 0.2) is 30.9 Å². The molecule has 4 rings (SSSR count). The Labute approximate surface area is 141 Å². The average molecular weight is 327 g/mol. The van der Waals surface area contributed by atoms with Crippen LogP contribution in [0.1, 0.15) is 19.3 Å². The summed E-state index contributed by atoms with van der Waals surface area (Å²) in [7, 11) is 0. The third-order valence-corrected chi connectivity index (χ3v) is 4.76. The van der Waals surface area contributed by atoms with E-state index in [0.717, 1.165) is 62.9 Å². The molecule has 24 heavy (non-hydrogen) atoms. The Bertz CT molecular complexity index is 676. The number of ether oxygens (including phenoxy) is 2. The van der Waals surface area contributed by atoms with Gasteiger partial charge in [-0.2, -0.15) is 0 Å². The summed E-state index contributed by atoms with van der Waals surface area (Å²) in [5.74, 6) is 0.728. The van der Waals surface area contributed by atoms with Crippen molar-refractivity contribution in [3.8, 4) is 11.4 Å². The first-order chi connectivity index (χ1) is 11.8. The molecule has 7 heteroatoms. The second kappa shape index (κ2) is 6.78. The highest BCUT2D eigenvalue weighted by Gasteiger charge is 2.36. The molecule has 0 amide bonds. The van der Waals surface area contributed by atoms with Crippen molar-refractivity contribution in [3.63, 3.8) is 0 Å². The molecular formula is C17H21N5O2. The Morgan fingerprint density at radius 3 is 2.67 bits per heavy atom. The highest BCUT2D eigenvalue weighted by Crippen LogP contribution is 2.31. The molecule has 0 radical (unpaired) electrons. The molecule has 126 valence electrons. The van der Waals surface area contributed by atoms with Crippen LogP contribution in [-0.4, -0.2) is 58.4 Å². The number of hydrogen-bond donors (Lipinski definition) is 0. The van der Waals surface area contributed by atoms with Crippen LogP contribution in [0.3, 0.4) is 0 Å². The molecule has 2 aromatic rings. The van der Waals surface area contributed by atoms with E-state index in [2.05, 4.69) is 24.8 Å². The zero-order chi connectivity index (χ0) is 16.2. The zero-order valence-electron chi connectivity index (χ0n) is 13.6. The van der Waals surface area contributed by atoms with E-state index >= 15 is 0 Å². The molecule has 2 aromatic heterocycles. The van der Waals surface area contributed by atoms with Crippen LogP contribution in [-0.2, 0) is 9.47 Å². The summed E-state index contributed by atoms with van der Waals surface area (Å²) >= 11 is 0. The van der Waals surface area contributed by atoms with Gasteiger partial charge in [-0.15, -0.1) is 0 Å². The van der Waals surface area contributed by atoms with Gasteiger partial charge < -0.3 is 14.4 Å². The maximum absolute atomic E-state index is 6.20. The molecule has 1 spiro atoms. The smallest absolute Gasteiger partial charge is 0.225 e.